The third kappa shape index (κ3) is 23.8. The summed E-state index contributed by atoms with van der Waals surface area (Å²) >= 11 is 0. The lowest BCUT2D eigenvalue weighted by Crippen LogP contribution is -2.43. The van der Waals surface area contributed by atoms with E-state index in [9.17, 15) is 40.5 Å². The monoisotopic (exact) mass is 1800 g/mol. The van der Waals surface area contributed by atoms with Crippen LogP contribution in [-0.2, 0) is 52.4 Å². The van der Waals surface area contributed by atoms with E-state index < -0.39 is 0 Å². The van der Waals surface area contributed by atoms with Crippen LogP contribution in [0.25, 0.3) is 21.5 Å². The number of para-hydroxylation sites is 6. The smallest absolute Gasteiger partial charge is 0.269 e. The minimum Gasteiger partial charge on any atom is -0.492 e. The second-order valence-electron chi connectivity index (χ2n) is 34.4. The molecule has 0 saturated carbocycles. The summed E-state index contributed by atoms with van der Waals surface area (Å²) in [5.74, 6) is 4.53. The molecule has 6 aliphatic rings. The number of ether oxygens (including phenoxy) is 6. The lowest BCUT2D eigenvalue weighted by atomic mass is 9.91. The van der Waals surface area contributed by atoms with Gasteiger partial charge < -0.3 is 48.0 Å². The predicted octanol–water partition coefficient (Wildman–Crippen LogP) is 18.0. The maximum Gasteiger partial charge on any atom is 0.269 e. The number of non-ortho nitro benzene ring substituents is 4. The molecule has 13 aromatic rings. The molecule has 134 heavy (non-hydrogen) atoms. The zero-order chi connectivity index (χ0) is 91.9. The van der Waals surface area contributed by atoms with Gasteiger partial charge in [0.2, 0.25) is 0 Å². The number of nitro benzene ring substituents is 4. The fraction of sp³-hybridized carbons (Fsp3) is 0.302. The van der Waals surface area contributed by atoms with E-state index in [1.165, 1.54) is 11.1 Å². The van der Waals surface area contributed by atoms with Crippen molar-refractivity contribution in [3.8, 4) is 34.5 Å². The highest BCUT2D eigenvalue weighted by molar-refractivity contribution is 6.06. The first-order chi connectivity index (χ1) is 65.7. The van der Waals surface area contributed by atoms with E-state index in [2.05, 4.69) is 158 Å². The molecule has 690 valence electrons. The third-order valence-corrected chi connectivity index (χ3v) is 25.9. The molecule has 4 bridgehead atoms. The minimum atomic E-state index is -0.369. The third-order valence-electron chi connectivity index (χ3n) is 25.9. The lowest BCUT2D eigenvalue weighted by Gasteiger charge is -2.34. The van der Waals surface area contributed by atoms with Gasteiger partial charge in [-0.25, -0.2) is 0 Å². The van der Waals surface area contributed by atoms with Gasteiger partial charge in [0.25, 0.3) is 22.7 Å². The fourth-order valence-corrected chi connectivity index (χ4v) is 18.5. The zero-order valence-electron chi connectivity index (χ0n) is 75.3. The molecule has 0 aliphatic carbocycles. The molecule has 6 aliphatic heterocycles. The first kappa shape index (κ1) is 91.6. The van der Waals surface area contributed by atoms with Crippen molar-refractivity contribution in [3.63, 3.8) is 0 Å². The van der Waals surface area contributed by atoms with Gasteiger partial charge in [-0.3, -0.25) is 69.9 Å². The van der Waals surface area contributed by atoms with Crippen LogP contribution < -0.4 is 48.0 Å². The van der Waals surface area contributed by atoms with E-state index in [0.717, 1.165) is 112 Å². The van der Waals surface area contributed by atoms with Gasteiger partial charge in [-0.05, 0) is 118 Å². The molecule has 0 N–H and O–H groups in total. The Morgan fingerprint density at radius 3 is 0.612 bits per heavy atom. The van der Waals surface area contributed by atoms with Gasteiger partial charge in [0, 0.05) is 275 Å². The maximum absolute atomic E-state index is 12.3. The molecule has 6 heterocycles. The molecule has 0 saturated heterocycles. The Bertz CT molecular complexity index is 5490. The maximum atomic E-state index is 12.3. The average Bonchev–Trinajstić information content (AvgIpc) is 0.747. The zero-order valence-corrected chi connectivity index (χ0v) is 75.3. The summed E-state index contributed by atoms with van der Waals surface area (Å²) in [5.41, 5.74) is 11.5. The summed E-state index contributed by atoms with van der Waals surface area (Å²) in [7, 11) is 0. The highest BCUT2D eigenvalue weighted by Gasteiger charge is 2.28. The molecule has 0 amide bonds. The van der Waals surface area contributed by atoms with Crippen molar-refractivity contribution in [2.75, 3.05) is 177 Å². The fourth-order valence-electron chi connectivity index (χ4n) is 18.5. The molecule has 28 nitrogen and oxygen atoms in total. The Hall–Kier alpha value is -14.3. The van der Waals surface area contributed by atoms with Crippen LogP contribution in [0, 0.1) is 40.5 Å². The first-order valence-corrected chi connectivity index (χ1v) is 46.2. The number of hydrogen-bond acceptors (Lipinski definition) is 24. The quantitative estimate of drug-likeness (QED) is 0.0625. The normalized spacial score (nSPS) is 18.4. The van der Waals surface area contributed by atoms with E-state index in [1.807, 2.05) is 133 Å². The summed E-state index contributed by atoms with van der Waals surface area (Å²) in [6, 6.07) is 94.1. The Morgan fingerprint density at radius 2 is 0.396 bits per heavy atom. The van der Waals surface area contributed by atoms with E-state index in [0.29, 0.717) is 210 Å². The van der Waals surface area contributed by atoms with E-state index in [1.54, 1.807) is 48.5 Å². The van der Waals surface area contributed by atoms with Gasteiger partial charge >= 0.3 is 0 Å². The van der Waals surface area contributed by atoms with Crippen molar-refractivity contribution >= 4 is 67.0 Å². The number of hydrogen-bond donors (Lipinski definition) is 0. The minimum absolute atomic E-state index is 0.00341. The number of nitrogens with zero attached hydrogens (tertiary/aromatic N) is 14. The second-order valence-corrected chi connectivity index (χ2v) is 34.4. The molecular weight excluding hydrogens is 1690 g/mol. The number of benzene rings is 13. The first-order valence-electron chi connectivity index (χ1n) is 46.2. The van der Waals surface area contributed by atoms with Gasteiger partial charge in [0.05, 0.1) is 19.7 Å². The van der Waals surface area contributed by atoms with Crippen molar-refractivity contribution in [2.45, 2.75) is 52.4 Å². The van der Waals surface area contributed by atoms with Gasteiger partial charge in [0.1, 0.15) is 74.1 Å². The SMILES string of the molecule is O=[N+]([O-])c1ccc(N2CCN3CCN(Cc4c5ccccc5c(CN5CCN6CCN(c7ccc([N+](=O)[O-])cc7)Cc7ccccc7OCCN(CCOc7ccccc7C5)CCOc5ccccc5CN(c5ccc([N+](=O)[O-])cc5)CC6)c5ccccc45)Cc4ccccc4OCCN(CCOc4ccccc4C2)CCOc2ccccc2CN(c2ccc([N+](=O)[O-])cc2)CC3)cc1. The molecule has 28 heteroatoms. The second kappa shape index (κ2) is 44.8. The molecule has 0 aromatic heterocycles. The van der Waals surface area contributed by atoms with Crippen molar-refractivity contribution in [1.82, 2.24) is 29.4 Å². The summed E-state index contributed by atoms with van der Waals surface area (Å²) < 4.78 is 41.1. The van der Waals surface area contributed by atoms with Crippen LogP contribution in [-0.4, -0.2) is 207 Å². The average molecular weight is 1810 g/mol. The van der Waals surface area contributed by atoms with Crippen molar-refractivity contribution < 1.29 is 48.1 Å². The lowest BCUT2D eigenvalue weighted by molar-refractivity contribution is -0.385. The van der Waals surface area contributed by atoms with E-state index in [-0.39, 0.29) is 42.4 Å². The topological polar surface area (TPSA) is 260 Å². The van der Waals surface area contributed by atoms with E-state index in [4.69, 9.17) is 28.4 Å². The highest BCUT2D eigenvalue weighted by atomic mass is 16.6. The van der Waals surface area contributed by atoms with Crippen molar-refractivity contribution in [2.24, 2.45) is 0 Å². The molecule has 0 spiro atoms. The standard InChI is InChI=1S/C106H112N14O14/c121-117(122)91-41-33-87(34-42-91)113-57-53-107-49-51-111(73-81-17-1-11-27-101(81)129-67-61-109(63-69-131-103-29-13-3-19-83(103)75-113)64-70-132-104-30-14-4-20-84(104)76-114(58-54-107)88-35-43-92(44-36-88)118(123)124)79-99-95-23-7-9-25-97(95)100(98-26-10-8-24-96(98)99)80-112-52-50-108-55-59-115(89-37-45-93(46-38-89)119(125)126)77-85-21-5-15-31-105(85)133-71-65-110(62-68-130-102-28-12-2-18-82(102)74-112)66-72-134-106-32-16-6-22-86(106)78-116(60-56-108)90-39-47-94(48-40-90)120(127)128/h1-48H,49-80H2. The Kier molecular flexibility index (Phi) is 30.6. The molecule has 0 atom stereocenters. The molecule has 0 radical (unpaired) electrons. The van der Waals surface area contributed by atoms with Crippen LogP contribution in [0.1, 0.15) is 44.5 Å². The summed E-state index contributed by atoms with van der Waals surface area (Å²) in [6.07, 6.45) is 0. The highest BCUT2D eigenvalue weighted by Crippen LogP contribution is 2.39. The van der Waals surface area contributed by atoms with Gasteiger partial charge in [-0.1, -0.05) is 158 Å². The predicted molar refractivity (Wildman–Crippen MR) is 524 cm³/mol. The number of rotatable bonds is 12. The van der Waals surface area contributed by atoms with Crippen molar-refractivity contribution in [3.05, 3.63) is 376 Å². The van der Waals surface area contributed by atoms with Gasteiger partial charge in [-0.15, -0.1) is 0 Å². The summed E-state index contributed by atoms with van der Waals surface area (Å²) in [6.45, 7) is 16.0. The van der Waals surface area contributed by atoms with Crippen LogP contribution in [0.3, 0.4) is 0 Å². The molecule has 0 fully saturated rings. The number of anilines is 4. The molecule has 19 rings (SSSR count). The van der Waals surface area contributed by atoms with Gasteiger partial charge in [0.15, 0.2) is 0 Å². The van der Waals surface area contributed by atoms with Crippen LogP contribution >= 0.6 is 0 Å². The van der Waals surface area contributed by atoms with Crippen LogP contribution in [0.4, 0.5) is 45.5 Å². The largest absolute Gasteiger partial charge is 0.492 e. The Morgan fingerprint density at radius 1 is 0.209 bits per heavy atom. The van der Waals surface area contributed by atoms with Gasteiger partial charge in [-0.2, -0.15) is 0 Å². The number of nitro groups is 4. The van der Waals surface area contributed by atoms with Crippen LogP contribution in [0.5, 0.6) is 34.5 Å². The van der Waals surface area contributed by atoms with Crippen molar-refractivity contribution in [1.29, 1.82) is 0 Å². The van der Waals surface area contributed by atoms with E-state index >= 15 is 0 Å². The summed E-state index contributed by atoms with van der Waals surface area (Å²) in [4.78, 5) is 71.5. The molecular formula is C106H112N14O14. The summed E-state index contributed by atoms with van der Waals surface area (Å²) in [5, 5.41) is 53.6. The Balaban J connectivity index is 0.762. The van der Waals surface area contributed by atoms with Crippen LogP contribution in [0.15, 0.2) is 291 Å². The Labute approximate surface area is 780 Å². The number of fused-ring (bicyclic) bond motifs is 32. The van der Waals surface area contributed by atoms with Crippen LogP contribution in [0.2, 0.25) is 0 Å². The molecule has 0 unspecified atom stereocenters. The molecule has 13 aromatic carbocycles.